The molecule has 0 aromatic heterocycles. The number of halogens is 2. The highest BCUT2D eigenvalue weighted by Gasteiger charge is 2.10. The molecule has 0 atom stereocenters. The van der Waals surface area contributed by atoms with Crippen molar-refractivity contribution >= 4 is 23.2 Å². The van der Waals surface area contributed by atoms with Crippen LogP contribution < -0.4 is 10.1 Å². The molecule has 2 rings (SSSR count). The Morgan fingerprint density at radius 2 is 2.00 bits per heavy atom. The average Bonchev–Trinajstić information content (AvgIpc) is 2.50. The van der Waals surface area contributed by atoms with Crippen molar-refractivity contribution < 1.29 is 13.9 Å². The number of carbonyl (C=O) groups is 1. The maximum Gasteiger partial charge on any atom is 0.262 e. The molecule has 0 aliphatic heterocycles. The summed E-state index contributed by atoms with van der Waals surface area (Å²) in [6.45, 7) is 5.88. The van der Waals surface area contributed by atoms with Gasteiger partial charge in [-0.2, -0.15) is 0 Å². The van der Waals surface area contributed by atoms with Crippen LogP contribution in [0.15, 0.2) is 36.4 Å². The molecule has 0 radical (unpaired) electrons. The van der Waals surface area contributed by atoms with Gasteiger partial charge in [0.25, 0.3) is 5.91 Å². The van der Waals surface area contributed by atoms with Crippen LogP contribution in [0.25, 0.3) is 0 Å². The predicted molar refractivity (Wildman–Crippen MR) is 90.8 cm³/mol. The fourth-order valence-corrected chi connectivity index (χ4v) is 2.23. The third-order valence-electron chi connectivity index (χ3n) is 3.44. The molecule has 0 unspecified atom stereocenters. The van der Waals surface area contributed by atoms with Crippen LogP contribution in [0.2, 0.25) is 5.02 Å². The quantitative estimate of drug-likeness (QED) is 0.841. The summed E-state index contributed by atoms with van der Waals surface area (Å²) in [6, 6.07) is 9.90. The number of amides is 1. The maximum absolute atomic E-state index is 13.6. The van der Waals surface area contributed by atoms with E-state index in [1.54, 1.807) is 0 Å². The van der Waals surface area contributed by atoms with Crippen molar-refractivity contribution in [3.05, 3.63) is 58.4 Å². The molecule has 0 aliphatic rings. The number of benzene rings is 2. The van der Waals surface area contributed by atoms with Gasteiger partial charge in [0.05, 0.1) is 5.69 Å². The minimum Gasteiger partial charge on any atom is -0.483 e. The van der Waals surface area contributed by atoms with Crippen LogP contribution in [0.1, 0.15) is 30.9 Å². The lowest BCUT2D eigenvalue weighted by Gasteiger charge is -2.13. The number of aryl methyl sites for hydroxylation is 1. The van der Waals surface area contributed by atoms with Crippen molar-refractivity contribution in [3.63, 3.8) is 0 Å². The second kappa shape index (κ2) is 7.47. The number of hydrogen-bond donors (Lipinski definition) is 1. The van der Waals surface area contributed by atoms with Gasteiger partial charge < -0.3 is 10.1 Å². The Hall–Kier alpha value is -2.07. The van der Waals surface area contributed by atoms with E-state index in [9.17, 15) is 9.18 Å². The number of rotatable bonds is 5. The standard InChI is InChI=1S/C18H19ClFNO2/c1-11(2)13-5-4-12(3)17(8-13)23-10-18(22)21-16-9-14(19)6-7-15(16)20/h4-9,11H,10H2,1-3H3,(H,21,22). The van der Waals surface area contributed by atoms with Gasteiger partial charge in [0.15, 0.2) is 6.61 Å². The molecular weight excluding hydrogens is 317 g/mol. The Balaban J connectivity index is 2.02. The molecule has 0 spiro atoms. The average molecular weight is 336 g/mol. The zero-order valence-corrected chi connectivity index (χ0v) is 14.1. The van der Waals surface area contributed by atoms with Gasteiger partial charge >= 0.3 is 0 Å². The molecule has 0 saturated carbocycles. The minimum absolute atomic E-state index is 0.0405. The summed E-state index contributed by atoms with van der Waals surface area (Å²) in [5, 5.41) is 2.80. The zero-order valence-electron chi connectivity index (χ0n) is 13.3. The van der Waals surface area contributed by atoms with E-state index in [0.29, 0.717) is 16.7 Å². The lowest BCUT2D eigenvalue weighted by atomic mass is 10.0. The van der Waals surface area contributed by atoms with Crippen molar-refractivity contribution in [1.29, 1.82) is 0 Å². The second-order valence-electron chi connectivity index (χ2n) is 5.64. The van der Waals surface area contributed by atoms with Crippen LogP contribution in [-0.4, -0.2) is 12.5 Å². The summed E-state index contributed by atoms with van der Waals surface area (Å²) in [4.78, 5) is 11.9. The summed E-state index contributed by atoms with van der Waals surface area (Å²) >= 11 is 5.79. The van der Waals surface area contributed by atoms with Gasteiger partial charge in [-0.3, -0.25) is 4.79 Å². The van der Waals surface area contributed by atoms with Crippen molar-refractivity contribution in [2.45, 2.75) is 26.7 Å². The van der Waals surface area contributed by atoms with Crippen molar-refractivity contribution in [3.8, 4) is 5.75 Å². The van der Waals surface area contributed by atoms with Crippen LogP contribution in [0, 0.1) is 12.7 Å². The third kappa shape index (κ3) is 4.70. The van der Waals surface area contributed by atoms with Gasteiger partial charge in [-0.05, 0) is 48.2 Å². The highest BCUT2D eigenvalue weighted by molar-refractivity contribution is 6.30. The molecule has 0 bridgehead atoms. The topological polar surface area (TPSA) is 38.3 Å². The van der Waals surface area contributed by atoms with Crippen LogP contribution >= 0.6 is 11.6 Å². The molecule has 5 heteroatoms. The van der Waals surface area contributed by atoms with Gasteiger partial charge in [-0.15, -0.1) is 0 Å². The number of carbonyl (C=O) groups excluding carboxylic acids is 1. The van der Waals surface area contributed by atoms with E-state index < -0.39 is 11.7 Å². The molecule has 2 aromatic rings. The molecule has 3 nitrogen and oxygen atoms in total. The molecule has 1 amide bonds. The maximum atomic E-state index is 13.6. The Morgan fingerprint density at radius 3 is 2.70 bits per heavy atom. The summed E-state index contributed by atoms with van der Waals surface area (Å²) < 4.78 is 19.1. The summed E-state index contributed by atoms with van der Waals surface area (Å²) in [7, 11) is 0. The predicted octanol–water partition coefficient (Wildman–Crippen LogP) is 4.93. The van der Waals surface area contributed by atoms with Gasteiger partial charge in [-0.1, -0.05) is 37.6 Å². The zero-order chi connectivity index (χ0) is 17.0. The highest BCUT2D eigenvalue weighted by Crippen LogP contribution is 2.24. The van der Waals surface area contributed by atoms with Gasteiger partial charge in [0, 0.05) is 5.02 Å². The van der Waals surface area contributed by atoms with Gasteiger partial charge in [0.2, 0.25) is 0 Å². The van der Waals surface area contributed by atoms with E-state index in [0.717, 1.165) is 11.1 Å². The Kier molecular flexibility index (Phi) is 5.61. The van der Waals surface area contributed by atoms with E-state index in [4.69, 9.17) is 16.3 Å². The van der Waals surface area contributed by atoms with Crippen molar-refractivity contribution in [2.75, 3.05) is 11.9 Å². The second-order valence-corrected chi connectivity index (χ2v) is 6.08. The molecule has 1 N–H and O–H groups in total. The van der Waals surface area contributed by atoms with Gasteiger partial charge in [0.1, 0.15) is 11.6 Å². The van der Waals surface area contributed by atoms with Crippen molar-refractivity contribution in [2.24, 2.45) is 0 Å². The summed E-state index contributed by atoms with van der Waals surface area (Å²) in [6.07, 6.45) is 0. The monoisotopic (exact) mass is 335 g/mol. The number of anilines is 1. The fourth-order valence-electron chi connectivity index (χ4n) is 2.05. The molecule has 0 fully saturated rings. The van der Waals surface area contributed by atoms with E-state index >= 15 is 0 Å². The van der Waals surface area contributed by atoms with E-state index in [-0.39, 0.29) is 12.3 Å². The largest absolute Gasteiger partial charge is 0.483 e. The van der Waals surface area contributed by atoms with Crippen LogP contribution in [0.4, 0.5) is 10.1 Å². The van der Waals surface area contributed by atoms with E-state index in [1.165, 1.54) is 18.2 Å². The minimum atomic E-state index is -0.541. The lowest BCUT2D eigenvalue weighted by Crippen LogP contribution is -2.21. The molecule has 0 heterocycles. The smallest absolute Gasteiger partial charge is 0.262 e. The molecule has 2 aromatic carbocycles. The van der Waals surface area contributed by atoms with Gasteiger partial charge in [-0.25, -0.2) is 4.39 Å². The Bertz CT molecular complexity index is 716. The third-order valence-corrected chi connectivity index (χ3v) is 3.68. The van der Waals surface area contributed by atoms with E-state index in [2.05, 4.69) is 19.2 Å². The SMILES string of the molecule is Cc1ccc(C(C)C)cc1OCC(=O)Nc1cc(Cl)ccc1F. The van der Waals surface area contributed by atoms with Crippen molar-refractivity contribution in [1.82, 2.24) is 0 Å². The van der Waals surface area contributed by atoms with Crippen LogP contribution in [0.5, 0.6) is 5.75 Å². The first-order chi connectivity index (χ1) is 10.9. The van der Waals surface area contributed by atoms with E-state index in [1.807, 2.05) is 25.1 Å². The molecule has 0 aliphatic carbocycles. The highest BCUT2D eigenvalue weighted by atomic mass is 35.5. The first-order valence-electron chi connectivity index (χ1n) is 7.35. The molecule has 0 saturated heterocycles. The lowest BCUT2D eigenvalue weighted by molar-refractivity contribution is -0.118. The normalized spacial score (nSPS) is 10.7. The molecular formula is C18H19ClFNO2. The van der Waals surface area contributed by atoms with Crippen LogP contribution in [0.3, 0.4) is 0 Å². The summed E-state index contributed by atoms with van der Waals surface area (Å²) in [5.41, 5.74) is 2.11. The number of hydrogen-bond acceptors (Lipinski definition) is 2. The van der Waals surface area contributed by atoms with Crippen LogP contribution in [-0.2, 0) is 4.79 Å². The molecule has 122 valence electrons. The Labute approximate surface area is 140 Å². The first kappa shape index (κ1) is 17.3. The Morgan fingerprint density at radius 1 is 1.26 bits per heavy atom. The fraction of sp³-hybridized carbons (Fsp3) is 0.278. The first-order valence-corrected chi connectivity index (χ1v) is 7.73. The molecule has 23 heavy (non-hydrogen) atoms. The number of nitrogens with one attached hydrogen (secondary N) is 1. The summed E-state index contributed by atoms with van der Waals surface area (Å²) in [5.74, 6) is 0.0338. The number of ether oxygens (including phenoxy) is 1.